The topological polar surface area (TPSA) is 109 Å². The number of nitrogens with zero attached hydrogens (tertiary/aromatic N) is 3. The first kappa shape index (κ1) is 41.2. The van der Waals surface area contributed by atoms with Crippen molar-refractivity contribution in [2.45, 2.75) is 149 Å². The number of ether oxygens (including phenoxy) is 2. The maximum atomic E-state index is 13.0. The molecule has 284 valence electrons. The summed E-state index contributed by atoms with van der Waals surface area (Å²) in [6, 6.07) is 2.22. The Labute approximate surface area is 309 Å². The lowest BCUT2D eigenvalue weighted by Gasteiger charge is -2.44. The summed E-state index contributed by atoms with van der Waals surface area (Å²) in [6.45, 7) is 28.0. The zero-order chi connectivity index (χ0) is 38.3. The number of hydrogen-bond acceptors (Lipinski definition) is 8. The fourth-order valence-electron chi connectivity index (χ4n) is 8.71. The molecule has 0 atom stereocenters. The Morgan fingerprint density at radius 1 is 1.04 bits per heavy atom. The van der Waals surface area contributed by atoms with E-state index in [-0.39, 0.29) is 18.4 Å². The van der Waals surface area contributed by atoms with Crippen molar-refractivity contribution in [3.63, 3.8) is 0 Å². The fourth-order valence-corrected chi connectivity index (χ4v) is 15.6. The number of fused-ring (bicyclic) bond motifs is 1. The van der Waals surface area contributed by atoms with Crippen LogP contribution in [0.5, 0.6) is 5.75 Å². The maximum absolute atomic E-state index is 13.0. The first-order valence-corrected chi connectivity index (χ1v) is 21.9. The summed E-state index contributed by atoms with van der Waals surface area (Å²) in [5, 5.41) is 1.06. The van der Waals surface area contributed by atoms with E-state index in [1.165, 1.54) is 4.90 Å². The number of carbonyl (C=O) groups excluding carboxylic acids is 1. The lowest BCUT2D eigenvalue weighted by Crippen LogP contribution is -2.51. The Kier molecular flexibility index (Phi) is 12.4. The van der Waals surface area contributed by atoms with Crippen molar-refractivity contribution in [3.8, 4) is 5.75 Å². The van der Waals surface area contributed by atoms with E-state index in [9.17, 15) is 13.2 Å². The molecule has 2 aromatic rings. The molecule has 4 rings (SSSR count). The van der Waals surface area contributed by atoms with Crippen LogP contribution >= 0.6 is 0 Å². The monoisotopic (exact) mass is 743 g/mol. The van der Waals surface area contributed by atoms with Gasteiger partial charge in [0.2, 0.25) is 10.3 Å². The standard InChI is InChI=1S/C38H62BN3O7SSi/c1-25(2)51(26(3)4,27(5)6)42-20-19-30-33(32(46-14)22-40-34(30)42)31(21-39-48-37(10,11)38(12,13)49-39)29-17-15-28(16-18-29)23-41(24-50(44)45)35(43)47-36(7,8)9/h19-22,24-29H,15-18,23H2,1-14H3/b31-21-. The molecule has 0 spiro atoms. The maximum Gasteiger partial charge on any atom is 0.487 e. The Bertz CT molecular complexity index is 1690. The van der Waals surface area contributed by atoms with Gasteiger partial charge in [-0.3, -0.25) is 4.90 Å². The lowest BCUT2D eigenvalue weighted by atomic mass is 9.72. The quantitative estimate of drug-likeness (QED) is 0.166. The smallest absolute Gasteiger partial charge is 0.487 e. The second-order valence-electron chi connectivity index (χ2n) is 17.4. The van der Waals surface area contributed by atoms with E-state index in [1.54, 1.807) is 27.9 Å². The molecular formula is C38H62BN3O7SSi. The minimum atomic E-state index is -2.54. The SMILES string of the molecule is COc1cnc2c(ccn2[Si](C(C)C)(C(C)C)C(C)C)c1/C(=C\B1OC(C)(C)C(C)(C)O1)C1CCC(CN(C=S(=O)=O)C(=O)OC(C)(C)C)CC1. The van der Waals surface area contributed by atoms with Crippen LogP contribution in [0.15, 0.2) is 24.4 Å². The molecular weight excluding hydrogens is 681 g/mol. The molecule has 1 aliphatic carbocycles. The highest BCUT2D eigenvalue weighted by Crippen LogP contribution is 2.48. The van der Waals surface area contributed by atoms with Gasteiger partial charge in [-0.05, 0) is 120 Å². The van der Waals surface area contributed by atoms with Crippen LogP contribution in [0.2, 0.25) is 16.6 Å². The van der Waals surface area contributed by atoms with Crippen molar-refractivity contribution in [2.75, 3.05) is 13.7 Å². The number of methoxy groups -OCH3 is 1. The Morgan fingerprint density at radius 3 is 2.06 bits per heavy atom. The van der Waals surface area contributed by atoms with Gasteiger partial charge in [0.05, 0.1) is 24.5 Å². The highest BCUT2D eigenvalue weighted by molar-refractivity contribution is 7.71. The van der Waals surface area contributed by atoms with Crippen LogP contribution in [0, 0.1) is 11.8 Å². The van der Waals surface area contributed by atoms with Gasteiger partial charge in [0, 0.05) is 17.5 Å². The van der Waals surface area contributed by atoms with E-state index in [2.05, 4.69) is 91.7 Å². The van der Waals surface area contributed by atoms with Gasteiger partial charge in [0.15, 0.2) is 8.24 Å². The van der Waals surface area contributed by atoms with E-state index >= 15 is 0 Å². The van der Waals surface area contributed by atoms with Gasteiger partial charge in [-0.2, -0.15) is 8.42 Å². The van der Waals surface area contributed by atoms with Crippen LogP contribution in [0.25, 0.3) is 16.6 Å². The molecule has 1 saturated carbocycles. The molecule has 51 heavy (non-hydrogen) atoms. The molecule has 2 fully saturated rings. The van der Waals surface area contributed by atoms with Gasteiger partial charge < -0.3 is 23.0 Å². The largest absolute Gasteiger partial charge is 0.494 e. The van der Waals surface area contributed by atoms with E-state index < -0.39 is 48.5 Å². The van der Waals surface area contributed by atoms with Crippen molar-refractivity contribution in [1.29, 1.82) is 0 Å². The van der Waals surface area contributed by atoms with Gasteiger partial charge in [-0.1, -0.05) is 47.5 Å². The molecule has 0 N–H and O–H groups in total. The third-order valence-corrected chi connectivity index (χ3v) is 18.7. The number of aromatic nitrogens is 2. The Morgan fingerprint density at radius 2 is 1.59 bits per heavy atom. The summed E-state index contributed by atoms with van der Waals surface area (Å²) in [7, 11) is -3.52. The molecule has 1 saturated heterocycles. The molecule has 2 aromatic heterocycles. The third-order valence-electron chi connectivity index (χ3n) is 11.5. The van der Waals surface area contributed by atoms with Crippen molar-refractivity contribution >= 4 is 53.8 Å². The molecule has 0 aromatic carbocycles. The molecule has 0 radical (unpaired) electrons. The van der Waals surface area contributed by atoms with Crippen LogP contribution in [-0.4, -0.2) is 79.9 Å². The van der Waals surface area contributed by atoms with Crippen LogP contribution < -0.4 is 4.74 Å². The number of pyridine rings is 1. The van der Waals surface area contributed by atoms with Crippen molar-refractivity contribution in [3.05, 3.63) is 30.0 Å². The number of allylic oxidation sites excluding steroid dienone is 1. The predicted octanol–water partition coefficient (Wildman–Crippen LogP) is 8.77. The number of hydrogen-bond donors (Lipinski definition) is 0. The Hall–Kier alpha value is -2.61. The van der Waals surface area contributed by atoms with Crippen LogP contribution in [-0.2, 0) is 24.3 Å². The Balaban J connectivity index is 1.80. The first-order chi connectivity index (χ1) is 23.6. The minimum Gasteiger partial charge on any atom is -0.494 e. The van der Waals surface area contributed by atoms with Crippen molar-refractivity contribution in [2.24, 2.45) is 11.8 Å². The molecule has 1 aliphatic heterocycles. The van der Waals surface area contributed by atoms with Crippen LogP contribution in [0.3, 0.4) is 0 Å². The third kappa shape index (κ3) is 8.47. The van der Waals surface area contributed by atoms with Gasteiger partial charge in [0.25, 0.3) is 0 Å². The number of carbonyl (C=O) groups is 1. The van der Waals surface area contributed by atoms with Gasteiger partial charge in [0.1, 0.15) is 22.5 Å². The first-order valence-electron chi connectivity index (χ1n) is 18.6. The molecule has 0 unspecified atom stereocenters. The molecule has 2 aliphatic rings. The summed E-state index contributed by atoms with van der Waals surface area (Å²) in [5.74, 6) is 3.09. The zero-order valence-electron chi connectivity index (χ0n) is 33.5. The second kappa shape index (κ2) is 15.4. The van der Waals surface area contributed by atoms with E-state index in [0.29, 0.717) is 22.4 Å². The van der Waals surface area contributed by atoms with E-state index in [0.717, 1.165) is 53.3 Å². The van der Waals surface area contributed by atoms with E-state index in [1.807, 2.05) is 6.20 Å². The van der Waals surface area contributed by atoms with Gasteiger partial charge in [-0.15, -0.1) is 0 Å². The summed E-state index contributed by atoms with van der Waals surface area (Å²) >= 11 is 0. The molecule has 1 amide bonds. The molecule has 13 heteroatoms. The fraction of sp³-hybridized carbons (Fsp3) is 0.711. The summed E-state index contributed by atoms with van der Waals surface area (Å²) in [4.78, 5) is 19.2. The van der Waals surface area contributed by atoms with Crippen molar-refractivity contribution in [1.82, 2.24) is 14.1 Å². The van der Waals surface area contributed by atoms with Gasteiger partial charge >= 0.3 is 13.2 Å². The van der Waals surface area contributed by atoms with Gasteiger partial charge in [-0.25, -0.2) is 9.78 Å². The van der Waals surface area contributed by atoms with Crippen molar-refractivity contribution < 1.29 is 32.0 Å². The predicted molar refractivity (Wildman–Crippen MR) is 210 cm³/mol. The normalized spacial score (nSPS) is 21.1. The molecule has 10 nitrogen and oxygen atoms in total. The number of amides is 1. The lowest BCUT2D eigenvalue weighted by molar-refractivity contribution is 0.00578. The highest BCUT2D eigenvalue weighted by Gasteiger charge is 2.51. The minimum absolute atomic E-state index is 0.0989. The van der Waals surface area contributed by atoms with Crippen LogP contribution in [0.1, 0.15) is 121 Å². The average molecular weight is 744 g/mol. The molecule has 3 heterocycles. The summed E-state index contributed by atoms with van der Waals surface area (Å²) in [5.41, 5.74) is 3.77. The molecule has 0 bridgehead atoms. The summed E-state index contributed by atoms with van der Waals surface area (Å²) in [6.07, 6.45) is 6.72. The second-order valence-corrected chi connectivity index (χ2v) is 23.9. The zero-order valence-corrected chi connectivity index (χ0v) is 35.3. The highest BCUT2D eigenvalue weighted by atomic mass is 32.2. The number of rotatable bonds is 11. The van der Waals surface area contributed by atoms with E-state index in [4.69, 9.17) is 23.8 Å². The summed E-state index contributed by atoms with van der Waals surface area (Å²) < 4.78 is 50.6. The average Bonchev–Trinajstić information content (AvgIpc) is 3.50. The van der Waals surface area contributed by atoms with Crippen LogP contribution in [0.4, 0.5) is 4.79 Å².